The van der Waals surface area contributed by atoms with E-state index in [1.54, 1.807) is 0 Å². The molecule has 0 saturated carbocycles. The van der Waals surface area contributed by atoms with Crippen LogP contribution in [0.2, 0.25) is 0 Å². The van der Waals surface area contributed by atoms with Gasteiger partial charge in [-0.2, -0.15) is 0 Å². The highest BCUT2D eigenvalue weighted by molar-refractivity contribution is 5.85. The molecule has 1 amide bonds. The maximum atomic E-state index is 12.9. The van der Waals surface area contributed by atoms with Gasteiger partial charge in [0.05, 0.1) is 5.92 Å². The smallest absolute Gasteiger partial charge is 0.226 e. The molecule has 0 aromatic rings. The number of amides is 1. The van der Waals surface area contributed by atoms with Crippen molar-refractivity contribution in [1.82, 2.24) is 4.90 Å². The van der Waals surface area contributed by atoms with E-state index in [-0.39, 0.29) is 11.3 Å². The predicted octanol–water partition coefficient (Wildman–Crippen LogP) is 2.28. The summed E-state index contributed by atoms with van der Waals surface area (Å²) in [6.07, 6.45) is 7.67. The first-order valence-electron chi connectivity index (χ1n) is 9.11. The summed E-state index contributed by atoms with van der Waals surface area (Å²) in [7, 11) is 0. The van der Waals surface area contributed by atoms with Crippen LogP contribution in [0.5, 0.6) is 0 Å². The Kier molecular flexibility index (Phi) is 4.52. The van der Waals surface area contributed by atoms with Gasteiger partial charge in [-0.05, 0) is 56.8 Å². The van der Waals surface area contributed by atoms with Crippen molar-refractivity contribution < 1.29 is 14.7 Å². The van der Waals surface area contributed by atoms with Crippen molar-refractivity contribution in [3.63, 3.8) is 0 Å². The minimum absolute atomic E-state index is 0.0498. The van der Waals surface area contributed by atoms with Gasteiger partial charge >= 0.3 is 0 Å². The van der Waals surface area contributed by atoms with Crippen LogP contribution in [-0.4, -0.2) is 29.9 Å². The van der Waals surface area contributed by atoms with Crippen LogP contribution in [-0.2, 0) is 9.59 Å². The van der Waals surface area contributed by atoms with Crippen molar-refractivity contribution in [2.24, 2.45) is 17.3 Å². The molecule has 1 saturated heterocycles. The van der Waals surface area contributed by atoms with Crippen molar-refractivity contribution in [2.45, 2.75) is 65.2 Å². The van der Waals surface area contributed by atoms with Crippen LogP contribution in [0, 0.1) is 17.3 Å². The van der Waals surface area contributed by atoms with Crippen molar-refractivity contribution in [3.05, 3.63) is 11.1 Å². The largest absolute Gasteiger partial charge is 0.550 e. The Bertz CT molecular complexity index is 529. The van der Waals surface area contributed by atoms with Crippen LogP contribution in [0.3, 0.4) is 0 Å². The number of carboxylic acids is 1. The van der Waals surface area contributed by atoms with Gasteiger partial charge in [0.1, 0.15) is 0 Å². The Morgan fingerprint density at radius 2 is 1.74 bits per heavy atom. The van der Waals surface area contributed by atoms with Crippen molar-refractivity contribution in [1.29, 1.82) is 0 Å². The molecule has 2 atom stereocenters. The van der Waals surface area contributed by atoms with Gasteiger partial charge in [-0.3, -0.25) is 4.79 Å². The van der Waals surface area contributed by atoms with Gasteiger partial charge in [0, 0.05) is 25.0 Å². The molecule has 1 aliphatic heterocycles. The third kappa shape index (κ3) is 3.17. The number of carboxylic acid groups (broad SMARTS) is 1. The molecule has 0 N–H and O–H groups in total. The maximum Gasteiger partial charge on any atom is 0.226 e. The SMILES string of the molecule is CC1(C)CCCC2=C1C[C@@H](C(=O)[O-])[C@H](C(=O)N1CCCCC1)C2. The zero-order chi connectivity index (χ0) is 16.6. The monoisotopic (exact) mass is 318 g/mol. The number of nitrogens with zero attached hydrogens (tertiary/aromatic N) is 1. The third-order valence-electron chi connectivity index (χ3n) is 6.19. The molecule has 3 rings (SSSR count). The summed E-state index contributed by atoms with van der Waals surface area (Å²) in [6.45, 7) is 5.99. The van der Waals surface area contributed by atoms with Crippen LogP contribution < -0.4 is 5.11 Å². The van der Waals surface area contributed by atoms with Gasteiger partial charge in [-0.15, -0.1) is 0 Å². The van der Waals surface area contributed by atoms with Gasteiger partial charge in [-0.1, -0.05) is 25.0 Å². The summed E-state index contributed by atoms with van der Waals surface area (Å²) >= 11 is 0. The fraction of sp³-hybridized carbons (Fsp3) is 0.789. The van der Waals surface area contributed by atoms with Crippen LogP contribution in [0.1, 0.15) is 65.2 Å². The highest BCUT2D eigenvalue weighted by atomic mass is 16.4. The van der Waals surface area contributed by atoms with E-state index in [4.69, 9.17) is 0 Å². The predicted molar refractivity (Wildman–Crippen MR) is 86.3 cm³/mol. The van der Waals surface area contributed by atoms with Crippen LogP contribution >= 0.6 is 0 Å². The van der Waals surface area contributed by atoms with Gasteiger partial charge < -0.3 is 14.8 Å². The number of likely N-dealkylation sites (tertiary alicyclic amines) is 1. The summed E-state index contributed by atoms with van der Waals surface area (Å²) < 4.78 is 0. The number of piperidine rings is 1. The molecule has 0 aromatic carbocycles. The molecule has 3 aliphatic rings. The van der Waals surface area contributed by atoms with E-state index in [9.17, 15) is 14.7 Å². The van der Waals surface area contributed by atoms with E-state index in [0.29, 0.717) is 12.8 Å². The third-order valence-corrected chi connectivity index (χ3v) is 6.19. The first-order valence-corrected chi connectivity index (χ1v) is 9.11. The van der Waals surface area contributed by atoms with Crippen LogP contribution in [0.4, 0.5) is 0 Å². The molecule has 4 nitrogen and oxygen atoms in total. The van der Waals surface area contributed by atoms with E-state index in [1.165, 1.54) is 17.6 Å². The average molecular weight is 318 g/mol. The highest BCUT2D eigenvalue weighted by Gasteiger charge is 2.42. The Morgan fingerprint density at radius 1 is 1.04 bits per heavy atom. The van der Waals surface area contributed by atoms with Gasteiger partial charge in [0.15, 0.2) is 0 Å². The van der Waals surface area contributed by atoms with Crippen LogP contribution in [0.15, 0.2) is 11.1 Å². The normalized spacial score (nSPS) is 30.8. The topological polar surface area (TPSA) is 60.4 Å². The van der Waals surface area contributed by atoms with E-state index in [1.807, 2.05) is 4.90 Å². The quantitative estimate of drug-likeness (QED) is 0.734. The Morgan fingerprint density at radius 3 is 2.39 bits per heavy atom. The van der Waals surface area contributed by atoms with Gasteiger partial charge in [0.2, 0.25) is 5.91 Å². The Hall–Kier alpha value is -1.32. The molecule has 1 fully saturated rings. The second-order valence-corrected chi connectivity index (χ2v) is 8.15. The number of aliphatic carboxylic acids is 1. The number of rotatable bonds is 2. The molecule has 128 valence electrons. The maximum absolute atomic E-state index is 12.9. The summed E-state index contributed by atoms with van der Waals surface area (Å²) in [5, 5.41) is 11.7. The lowest BCUT2D eigenvalue weighted by atomic mass is 9.63. The summed E-state index contributed by atoms with van der Waals surface area (Å²) in [5.41, 5.74) is 2.72. The second kappa shape index (κ2) is 6.29. The lowest BCUT2D eigenvalue weighted by Gasteiger charge is -2.44. The lowest BCUT2D eigenvalue weighted by Crippen LogP contribution is -2.48. The number of carbonyl (C=O) groups excluding carboxylic acids is 2. The number of allylic oxidation sites excluding steroid dienone is 2. The highest BCUT2D eigenvalue weighted by Crippen LogP contribution is 2.49. The van der Waals surface area contributed by atoms with E-state index in [0.717, 1.165) is 45.2 Å². The van der Waals surface area contributed by atoms with Gasteiger partial charge in [-0.25, -0.2) is 0 Å². The molecule has 0 spiro atoms. The minimum Gasteiger partial charge on any atom is -0.550 e. The van der Waals surface area contributed by atoms with E-state index < -0.39 is 17.8 Å². The summed E-state index contributed by atoms with van der Waals surface area (Å²) in [5.74, 6) is -2.06. The van der Waals surface area contributed by atoms with E-state index in [2.05, 4.69) is 13.8 Å². The molecular formula is C19H28NO3-. The van der Waals surface area contributed by atoms with Crippen molar-refractivity contribution >= 4 is 11.9 Å². The lowest BCUT2D eigenvalue weighted by molar-refractivity contribution is -0.313. The number of hydrogen-bond acceptors (Lipinski definition) is 3. The standard InChI is InChI=1S/C19H29NO3/c1-19(2)8-6-7-13-11-14(15(18(22)23)12-16(13)19)17(21)20-9-4-3-5-10-20/h14-15H,3-12H2,1-2H3,(H,22,23)/p-1/t14-,15-/m1/s1. The Labute approximate surface area is 138 Å². The summed E-state index contributed by atoms with van der Waals surface area (Å²) in [4.78, 5) is 26.5. The molecule has 1 heterocycles. The molecule has 0 radical (unpaired) electrons. The first kappa shape index (κ1) is 16.5. The fourth-order valence-electron chi connectivity index (χ4n) is 4.80. The Balaban J connectivity index is 1.86. The average Bonchev–Trinajstić information content (AvgIpc) is 2.53. The molecule has 23 heavy (non-hydrogen) atoms. The zero-order valence-corrected chi connectivity index (χ0v) is 14.4. The number of hydrogen-bond donors (Lipinski definition) is 0. The molecular weight excluding hydrogens is 290 g/mol. The fourth-order valence-corrected chi connectivity index (χ4v) is 4.80. The molecule has 0 unspecified atom stereocenters. The molecule has 2 aliphatic carbocycles. The minimum atomic E-state index is -1.05. The zero-order valence-electron chi connectivity index (χ0n) is 14.4. The number of carbonyl (C=O) groups is 2. The molecule has 4 heteroatoms. The van der Waals surface area contributed by atoms with Crippen molar-refractivity contribution in [3.8, 4) is 0 Å². The van der Waals surface area contributed by atoms with Gasteiger partial charge in [0.25, 0.3) is 0 Å². The van der Waals surface area contributed by atoms with Crippen molar-refractivity contribution in [2.75, 3.05) is 13.1 Å². The molecule has 0 bridgehead atoms. The second-order valence-electron chi connectivity index (χ2n) is 8.15. The van der Waals surface area contributed by atoms with E-state index >= 15 is 0 Å². The summed E-state index contributed by atoms with van der Waals surface area (Å²) in [6, 6.07) is 0. The molecule has 0 aromatic heterocycles. The first-order chi connectivity index (χ1) is 10.9. The van der Waals surface area contributed by atoms with Crippen LogP contribution in [0.25, 0.3) is 0 Å².